The summed E-state index contributed by atoms with van der Waals surface area (Å²) in [5, 5.41) is 11.3. The standard InChI is InChI=1S/C18H12N2O3S/c1-10-6-7-13-15(8-10)24-18(20-13)19-9-12-16(21)11-4-2-3-5-14(11)23-17(12)22/h2-9,21H,1H3/b19-9+. The Labute approximate surface area is 140 Å². The molecule has 0 amide bonds. The molecule has 0 aliphatic rings. The van der Waals surface area contributed by atoms with E-state index in [0.717, 1.165) is 15.8 Å². The molecule has 2 aromatic carbocycles. The Morgan fingerprint density at radius 1 is 1.25 bits per heavy atom. The number of aryl methyl sites for hydroxylation is 1. The van der Waals surface area contributed by atoms with Gasteiger partial charge in [0.15, 0.2) is 0 Å². The zero-order valence-corrected chi connectivity index (χ0v) is 13.5. The number of fused-ring (bicyclic) bond motifs is 2. The van der Waals surface area contributed by atoms with E-state index in [1.807, 2.05) is 25.1 Å². The predicted molar refractivity (Wildman–Crippen MR) is 95.8 cm³/mol. The highest BCUT2D eigenvalue weighted by Gasteiger charge is 2.12. The number of rotatable bonds is 2. The van der Waals surface area contributed by atoms with Gasteiger partial charge in [-0.05, 0) is 36.8 Å². The van der Waals surface area contributed by atoms with E-state index in [4.69, 9.17) is 4.42 Å². The molecule has 4 rings (SSSR count). The van der Waals surface area contributed by atoms with Gasteiger partial charge in [0, 0.05) is 6.21 Å². The summed E-state index contributed by atoms with van der Waals surface area (Å²) in [6.07, 6.45) is 1.30. The minimum Gasteiger partial charge on any atom is -0.506 e. The summed E-state index contributed by atoms with van der Waals surface area (Å²) in [6.45, 7) is 2.01. The molecular weight excluding hydrogens is 324 g/mol. The average molecular weight is 336 g/mol. The van der Waals surface area contributed by atoms with Crippen LogP contribution in [0.4, 0.5) is 5.13 Å². The van der Waals surface area contributed by atoms with Crippen LogP contribution in [0.15, 0.2) is 56.7 Å². The highest BCUT2D eigenvalue weighted by molar-refractivity contribution is 7.22. The van der Waals surface area contributed by atoms with Crippen molar-refractivity contribution in [1.82, 2.24) is 4.98 Å². The number of hydrogen-bond acceptors (Lipinski definition) is 6. The normalized spacial score (nSPS) is 11.7. The van der Waals surface area contributed by atoms with Crippen molar-refractivity contribution in [3.8, 4) is 5.75 Å². The summed E-state index contributed by atoms with van der Waals surface area (Å²) in [7, 11) is 0. The monoisotopic (exact) mass is 336 g/mol. The number of aliphatic imine (C=N–C) groups is 1. The number of aromatic hydroxyl groups is 1. The second-order valence-corrected chi connectivity index (χ2v) is 6.38. The van der Waals surface area contributed by atoms with Crippen LogP contribution < -0.4 is 5.63 Å². The third-order valence-electron chi connectivity index (χ3n) is 3.66. The highest BCUT2D eigenvalue weighted by atomic mass is 32.1. The van der Waals surface area contributed by atoms with E-state index in [1.165, 1.54) is 17.6 Å². The van der Waals surface area contributed by atoms with Gasteiger partial charge >= 0.3 is 5.63 Å². The fraction of sp³-hybridized carbons (Fsp3) is 0.0556. The predicted octanol–water partition coefficient (Wildman–Crippen LogP) is 4.17. The van der Waals surface area contributed by atoms with Crippen LogP contribution in [0.5, 0.6) is 5.75 Å². The van der Waals surface area contributed by atoms with Crippen LogP contribution in [0.25, 0.3) is 21.2 Å². The lowest BCUT2D eigenvalue weighted by atomic mass is 10.1. The Hall–Kier alpha value is -2.99. The maximum absolute atomic E-state index is 12.1. The summed E-state index contributed by atoms with van der Waals surface area (Å²) < 4.78 is 6.24. The Balaban J connectivity index is 1.80. The lowest BCUT2D eigenvalue weighted by Crippen LogP contribution is -2.06. The first-order valence-corrected chi connectivity index (χ1v) is 8.09. The SMILES string of the molecule is Cc1ccc2nc(/N=C/c3c(O)c4ccccc4oc3=O)sc2c1. The minimum absolute atomic E-state index is 0.0177. The number of nitrogens with zero attached hydrogens (tertiary/aromatic N) is 2. The number of thiazole rings is 1. The van der Waals surface area contributed by atoms with E-state index < -0.39 is 5.63 Å². The molecule has 24 heavy (non-hydrogen) atoms. The van der Waals surface area contributed by atoms with Gasteiger partial charge in [0.05, 0.1) is 15.6 Å². The van der Waals surface area contributed by atoms with E-state index in [-0.39, 0.29) is 11.3 Å². The van der Waals surface area contributed by atoms with Gasteiger partial charge in [0.25, 0.3) is 0 Å². The van der Waals surface area contributed by atoms with E-state index in [0.29, 0.717) is 16.1 Å². The quantitative estimate of drug-likeness (QED) is 0.440. The molecule has 1 N–H and O–H groups in total. The molecule has 0 spiro atoms. The first kappa shape index (κ1) is 14.6. The van der Waals surface area contributed by atoms with Crippen LogP contribution in [0.1, 0.15) is 11.1 Å². The first-order chi connectivity index (χ1) is 11.6. The van der Waals surface area contributed by atoms with Gasteiger partial charge < -0.3 is 9.52 Å². The van der Waals surface area contributed by atoms with E-state index in [9.17, 15) is 9.90 Å². The second kappa shape index (κ2) is 5.58. The van der Waals surface area contributed by atoms with Crippen molar-refractivity contribution in [3.05, 3.63) is 64.0 Å². The molecule has 0 saturated heterocycles. The van der Waals surface area contributed by atoms with Crippen molar-refractivity contribution in [3.63, 3.8) is 0 Å². The van der Waals surface area contributed by atoms with Crippen molar-refractivity contribution < 1.29 is 9.52 Å². The van der Waals surface area contributed by atoms with E-state index in [1.54, 1.807) is 24.3 Å². The summed E-state index contributed by atoms with van der Waals surface area (Å²) in [4.78, 5) is 20.7. The Morgan fingerprint density at radius 3 is 2.96 bits per heavy atom. The van der Waals surface area contributed by atoms with E-state index in [2.05, 4.69) is 9.98 Å². The van der Waals surface area contributed by atoms with Gasteiger partial charge in [-0.1, -0.05) is 29.5 Å². The van der Waals surface area contributed by atoms with Gasteiger partial charge in [-0.3, -0.25) is 0 Å². The summed E-state index contributed by atoms with van der Waals surface area (Å²) in [5.74, 6) is -0.137. The molecule has 0 saturated carbocycles. The molecule has 0 atom stereocenters. The summed E-state index contributed by atoms with van der Waals surface area (Å²) in [5.41, 5.74) is 1.73. The lowest BCUT2D eigenvalue weighted by Gasteiger charge is -2.01. The summed E-state index contributed by atoms with van der Waals surface area (Å²) in [6, 6.07) is 12.8. The van der Waals surface area contributed by atoms with Gasteiger partial charge in [0.1, 0.15) is 16.9 Å². The third kappa shape index (κ3) is 2.47. The molecule has 4 aromatic rings. The highest BCUT2D eigenvalue weighted by Crippen LogP contribution is 2.29. The molecule has 2 aromatic heterocycles. The lowest BCUT2D eigenvalue weighted by molar-refractivity contribution is 0.466. The zero-order chi connectivity index (χ0) is 16.7. The van der Waals surface area contributed by atoms with Crippen molar-refractivity contribution in [2.24, 2.45) is 4.99 Å². The van der Waals surface area contributed by atoms with Crippen LogP contribution in [0.3, 0.4) is 0 Å². The fourth-order valence-electron chi connectivity index (χ4n) is 2.46. The van der Waals surface area contributed by atoms with Gasteiger partial charge in [-0.25, -0.2) is 14.8 Å². The van der Waals surface area contributed by atoms with E-state index >= 15 is 0 Å². The van der Waals surface area contributed by atoms with Crippen molar-refractivity contribution >= 4 is 43.9 Å². The number of aromatic nitrogens is 1. The average Bonchev–Trinajstić information content (AvgIpc) is 2.96. The van der Waals surface area contributed by atoms with Crippen LogP contribution in [-0.2, 0) is 0 Å². The Kier molecular flexibility index (Phi) is 3.39. The molecule has 0 aliphatic carbocycles. The molecule has 118 valence electrons. The van der Waals surface area contributed by atoms with Gasteiger partial charge in [-0.15, -0.1) is 0 Å². The smallest absolute Gasteiger partial charge is 0.348 e. The maximum Gasteiger partial charge on any atom is 0.348 e. The number of hydrogen-bond donors (Lipinski definition) is 1. The zero-order valence-electron chi connectivity index (χ0n) is 12.7. The van der Waals surface area contributed by atoms with Crippen molar-refractivity contribution in [1.29, 1.82) is 0 Å². The third-order valence-corrected chi connectivity index (χ3v) is 4.58. The van der Waals surface area contributed by atoms with Crippen LogP contribution in [0, 0.1) is 6.92 Å². The topological polar surface area (TPSA) is 75.7 Å². The molecule has 5 nitrogen and oxygen atoms in total. The molecule has 0 bridgehead atoms. The van der Waals surface area contributed by atoms with Crippen LogP contribution in [0.2, 0.25) is 0 Å². The van der Waals surface area contributed by atoms with Crippen molar-refractivity contribution in [2.75, 3.05) is 0 Å². The maximum atomic E-state index is 12.1. The number of benzene rings is 2. The fourth-order valence-corrected chi connectivity index (χ4v) is 3.37. The van der Waals surface area contributed by atoms with Gasteiger partial charge in [0.2, 0.25) is 5.13 Å². The molecule has 6 heteroatoms. The van der Waals surface area contributed by atoms with Crippen LogP contribution >= 0.6 is 11.3 Å². The molecule has 0 unspecified atom stereocenters. The second-order valence-electron chi connectivity index (χ2n) is 5.37. The largest absolute Gasteiger partial charge is 0.506 e. The first-order valence-electron chi connectivity index (χ1n) is 7.28. The van der Waals surface area contributed by atoms with Gasteiger partial charge in [-0.2, -0.15) is 0 Å². The van der Waals surface area contributed by atoms with Crippen molar-refractivity contribution in [2.45, 2.75) is 6.92 Å². The molecule has 0 aliphatic heterocycles. The molecule has 0 fully saturated rings. The number of para-hydroxylation sites is 1. The minimum atomic E-state index is -0.632. The molecular formula is C18H12N2O3S. The molecule has 0 radical (unpaired) electrons. The Bertz CT molecular complexity index is 1160. The summed E-state index contributed by atoms with van der Waals surface area (Å²) >= 11 is 1.42. The molecule has 2 heterocycles. The van der Waals surface area contributed by atoms with Crippen LogP contribution in [-0.4, -0.2) is 16.3 Å². The Morgan fingerprint density at radius 2 is 2.08 bits per heavy atom.